The van der Waals surface area contributed by atoms with Gasteiger partial charge in [-0.3, -0.25) is 4.98 Å². The lowest BCUT2D eigenvalue weighted by atomic mass is 10.0. The van der Waals surface area contributed by atoms with Crippen molar-refractivity contribution in [3.8, 4) is 0 Å². The first-order valence-corrected chi connectivity index (χ1v) is 7.11. The fraction of sp³-hybridized carbons (Fsp3) is 0.118. The third-order valence-electron chi connectivity index (χ3n) is 3.44. The average molecular weight is 299 g/mol. The number of aromatic nitrogens is 1. The average Bonchev–Trinajstić information content (AvgIpc) is 2.54. The zero-order chi connectivity index (χ0) is 14.7. The van der Waals surface area contributed by atoms with Gasteiger partial charge in [-0.2, -0.15) is 0 Å². The maximum absolute atomic E-state index is 9.74. The number of hydrogen-bond acceptors (Lipinski definition) is 3. The van der Waals surface area contributed by atoms with E-state index in [1.54, 1.807) is 6.20 Å². The molecular weight excluding hydrogens is 284 g/mol. The molecule has 0 aliphatic heterocycles. The Morgan fingerprint density at radius 1 is 1.05 bits per heavy atom. The number of fused-ring (bicyclic) bond motifs is 1. The van der Waals surface area contributed by atoms with E-state index in [0.717, 1.165) is 22.0 Å². The van der Waals surface area contributed by atoms with Crippen LogP contribution in [0.3, 0.4) is 0 Å². The van der Waals surface area contributed by atoms with E-state index in [9.17, 15) is 5.11 Å². The molecule has 3 rings (SSSR count). The van der Waals surface area contributed by atoms with Gasteiger partial charge in [0.25, 0.3) is 0 Å². The van der Waals surface area contributed by atoms with Crippen LogP contribution < -0.4 is 5.32 Å². The van der Waals surface area contributed by atoms with Crippen LogP contribution >= 0.6 is 11.6 Å². The highest BCUT2D eigenvalue weighted by molar-refractivity contribution is 6.30. The molecule has 2 N–H and O–H groups in total. The van der Waals surface area contributed by atoms with Crippen molar-refractivity contribution in [1.29, 1.82) is 0 Å². The topological polar surface area (TPSA) is 45.1 Å². The van der Waals surface area contributed by atoms with Crippen LogP contribution in [0.5, 0.6) is 0 Å². The molecule has 106 valence electrons. The molecule has 3 aromatic rings. The quantitative estimate of drug-likeness (QED) is 0.764. The summed E-state index contributed by atoms with van der Waals surface area (Å²) in [6.45, 7) is -0.0156. The molecule has 0 bridgehead atoms. The number of anilines is 1. The van der Waals surface area contributed by atoms with Gasteiger partial charge < -0.3 is 10.4 Å². The molecule has 0 saturated heterocycles. The number of benzene rings is 2. The number of pyridine rings is 1. The lowest BCUT2D eigenvalue weighted by Gasteiger charge is -2.19. The van der Waals surface area contributed by atoms with Crippen LogP contribution in [-0.2, 0) is 0 Å². The van der Waals surface area contributed by atoms with Gasteiger partial charge in [0.05, 0.1) is 12.6 Å². The van der Waals surface area contributed by atoms with E-state index in [2.05, 4.69) is 10.3 Å². The molecular formula is C17H15ClN2O. The number of hydrogen-bond donors (Lipinski definition) is 2. The van der Waals surface area contributed by atoms with Crippen molar-refractivity contribution in [2.24, 2.45) is 0 Å². The molecule has 2 aromatic carbocycles. The second-order valence-electron chi connectivity index (χ2n) is 4.84. The van der Waals surface area contributed by atoms with Crippen molar-refractivity contribution in [2.75, 3.05) is 11.9 Å². The fourth-order valence-corrected chi connectivity index (χ4v) is 2.51. The third-order valence-corrected chi connectivity index (χ3v) is 3.69. The van der Waals surface area contributed by atoms with Crippen molar-refractivity contribution in [3.63, 3.8) is 0 Å². The summed E-state index contributed by atoms with van der Waals surface area (Å²) in [6, 6.07) is 15.2. The van der Waals surface area contributed by atoms with Crippen molar-refractivity contribution >= 4 is 28.1 Å². The summed E-state index contributed by atoms with van der Waals surface area (Å²) in [7, 11) is 0. The van der Waals surface area contributed by atoms with Crippen LogP contribution in [0.15, 0.2) is 60.9 Å². The summed E-state index contributed by atoms with van der Waals surface area (Å²) in [4.78, 5) is 4.27. The number of nitrogens with zero attached hydrogens (tertiary/aromatic N) is 1. The number of aliphatic hydroxyl groups is 1. The molecule has 1 heterocycles. The summed E-state index contributed by atoms with van der Waals surface area (Å²) in [5, 5.41) is 15.9. The van der Waals surface area contributed by atoms with Crippen molar-refractivity contribution in [1.82, 2.24) is 4.98 Å². The standard InChI is InChI=1S/C17H15ClN2O/c18-13-5-7-14(8-6-13)20-17(11-21)16-10-19-9-12-3-1-2-4-15(12)16/h1-10,17,20-21H,11H2. The van der Waals surface area contributed by atoms with Crippen LogP contribution in [0.2, 0.25) is 5.02 Å². The van der Waals surface area contributed by atoms with Crippen LogP contribution in [0.4, 0.5) is 5.69 Å². The molecule has 1 atom stereocenters. The molecule has 3 nitrogen and oxygen atoms in total. The lowest BCUT2D eigenvalue weighted by Crippen LogP contribution is -2.15. The molecule has 0 saturated carbocycles. The summed E-state index contributed by atoms with van der Waals surface area (Å²) < 4.78 is 0. The van der Waals surface area contributed by atoms with E-state index < -0.39 is 0 Å². The van der Waals surface area contributed by atoms with Gasteiger partial charge >= 0.3 is 0 Å². The van der Waals surface area contributed by atoms with E-state index in [-0.39, 0.29) is 12.6 Å². The Hall–Kier alpha value is -2.10. The Bertz CT molecular complexity index is 738. The van der Waals surface area contributed by atoms with Gasteiger partial charge in [0.1, 0.15) is 0 Å². The van der Waals surface area contributed by atoms with Crippen LogP contribution in [0, 0.1) is 0 Å². The van der Waals surface area contributed by atoms with Gasteiger partial charge in [0.15, 0.2) is 0 Å². The molecule has 0 amide bonds. The van der Waals surface area contributed by atoms with Gasteiger partial charge in [0, 0.05) is 34.1 Å². The van der Waals surface area contributed by atoms with E-state index in [4.69, 9.17) is 11.6 Å². The van der Waals surface area contributed by atoms with Gasteiger partial charge in [-0.1, -0.05) is 35.9 Å². The predicted molar refractivity (Wildman–Crippen MR) is 86.6 cm³/mol. The summed E-state index contributed by atoms with van der Waals surface area (Å²) in [5.41, 5.74) is 1.89. The minimum Gasteiger partial charge on any atom is -0.394 e. The zero-order valence-corrected chi connectivity index (χ0v) is 12.1. The third kappa shape index (κ3) is 2.99. The SMILES string of the molecule is OCC(Nc1ccc(Cl)cc1)c1cncc2ccccc12. The largest absolute Gasteiger partial charge is 0.394 e. The summed E-state index contributed by atoms with van der Waals surface area (Å²) in [5.74, 6) is 0. The smallest absolute Gasteiger partial charge is 0.0765 e. The zero-order valence-electron chi connectivity index (χ0n) is 11.3. The van der Waals surface area contributed by atoms with Gasteiger partial charge in [0.2, 0.25) is 0 Å². The highest BCUT2D eigenvalue weighted by atomic mass is 35.5. The number of rotatable bonds is 4. The van der Waals surface area contributed by atoms with Crippen LogP contribution in [-0.4, -0.2) is 16.7 Å². The normalized spacial score (nSPS) is 12.3. The highest BCUT2D eigenvalue weighted by Gasteiger charge is 2.13. The maximum atomic E-state index is 9.74. The molecule has 1 aromatic heterocycles. The highest BCUT2D eigenvalue weighted by Crippen LogP contribution is 2.26. The Morgan fingerprint density at radius 3 is 2.57 bits per heavy atom. The molecule has 0 radical (unpaired) electrons. The van der Waals surface area contributed by atoms with E-state index in [1.807, 2.05) is 54.7 Å². The Kier molecular flexibility index (Phi) is 4.04. The molecule has 0 fully saturated rings. The minimum absolute atomic E-state index is 0.0156. The monoisotopic (exact) mass is 298 g/mol. The molecule has 0 spiro atoms. The van der Waals surface area contributed by atoms with Crippen LogP contribution in [0.25, 0.3) is 10.8 Å². The molecule has 1 unspecified atom stereocenters. The lowest BCUT2D eigenvalue weighted by molar-refractivity contribution is 0.276. The predicted octanol–water partition coefficient (Wildman–Crippen LogP) is 4.03. The van der Waals surface area contributed by atoms with Crippen LogP contribution in [0.1, 0.15) is 11.6 Å². The van der Waals surface area contributed by atoms with Crippen molar-refractivity contribution < 1.29 is 5.11 Å². The number of aliphatic hydroxyl groups excluding tert-OH is 1. The maximum Gasteiger partial charge on any atom is 0.0765 e. The van der Waals surface area contributed by atoms with Gasteiger partial charge in [-0.05, 0) is 29.7 Å². The Labute approximate surface area is 128 Å². The molecule has 21 heavy (non-hydrogen) atoms. The van der Waals surface area contributed by atoms with E-state index in [1.165, 1.54) is 0 Å². The molecule has 4 heteroatoms. The second-order valence-corrected chi connectivity index (χ2v) is 5.27. The molecule has 0 aliphatic carbocycles. The Balaban J connectivity index is 1.96. The fourth-order valence-electron chi connectivity index (χ4n) is 2.39. The van der Waals surface area contributed by atoms with Gasteiger partial charge in [-0.25, -0.2) is 0 Å². The van der Waals surface area contributed by atoms with Gasteiger partial charge in [-0.15, -0.1) is 0 Å². The molecule has 0 aliphatic rings. The van der Waals surface area contributed by atoms with E-state index in [0.29, 0.717) is 5.02 Å². The van der Waals surface area contributed by atoms with Crippen molar-refractivity contribution in [3.05, 3.63) is 71.5 Å². The minimum atomic E-state index is -0.218. The summed E-state index contributed by atoms with van der Waals surface area (Å²) in [6.07, 6.45) is 3.63. The first-order valence-electron chi connectivity index (χ1n) is 6.73. The number of halogens is 1. The van der Waals surface area contributed by atoms with Crippen molar-refractivity contribution in [2.45, 2.75) is 6.04 Å². The second kappa shape index (κ2) is 6.12. The Morgan fingerprint density at radius 2 is 1.81 bits per heavy atom. The van der Waals surface area contributed by atoms with E-state index >= 15 is 0 Å². The number of nitrogens with one attached hydrogen (secondary N) is 1. The summed E-state index contributed by atoms with van der Waals surface area (Å²) >= 11 is 5.89. The first kappa shape index (κ1) is 13.9. The first-order chi connectivity index (χ1) is 10.3.